The van der Waals surface area contributed by atoms with Gasteiger partial charge in [0.15, 0.2) is 0 Å². The molecule has 0 saturated heterocycles. The van der Waals surface area contributed by atoms with E-state index in [4.69, 9.17) is 12.3 Å². The number of rotatable bonds is 2. The Kier molecular flexibility index (Phi) is 2.72. The van der Waals surface area contributed by atoms with Crippen LogP contribution in [0, 0.1) is 16.7 Å². The standard InChI is InChI=1S/C7H5N3O2S/c1-9-13-5-2-3-7(10(11)12)6(8)4-5/h2-4H,8H2. The average Bonchev–Trinajstić information content (AvgIpc) is 2.04. The first-order valence-corrected chi connectivity index (χ1v) is 4.00. The summed E-state index contributed by atoms with van der Waals surface area (Å²) in [5.41, 5.74) is 5.35. The normalized spacial score (nSPS) is 9.15. The fourth-order valence-corrected chi connectivity index (χ4v) is 1.22. The fourth-order valence-electron chi connectivity index (χ4n) is 0.808. The predicted molar refractivity (Wildman–Crippen MR) is 50.0 cm³/mol. The van der Waals surface area contributed by atoms with E-state index in [0.717, 1.165) is 11.9 Å². The van der Waals surface area contributed by atoms with Crippen LogP contribution in [0.3, 0.4) is 0 Å². The third-order valence-corrected chi connectivity index (χ3v) is 1.90. The smallest absolute Gasteiger partial charge is 0.294 e. The van der Waals surface area contributed by atoms with E-state index in [9.17, 15) is 10.1 Å². The van der Waals surface area contributed by atoms with Gasteiger partial charge in [0.05, 0.1) is 9.82 Å². The molecule has 0 aromatic heterocycles. The highest BCUT2D eigenvalue weighted by atomic mass is 32.2. The monoisotopic (exact) mass is 195 g/mol. The Morgan fingerprint density at radius 3 is 2.77 bits per heavy atom. The number of hydrogen-bond donors (Lipinski definition) is 1. The van der Waals surface area contributed by atoms with Crippen LogP contribution < -0.4 is 5.73 Å². The molecular formula is C7H5N3O2S. The Labute approximate surface area is 78.7 Å². The van der Waals surface area contributed by atoms with Crippen molar-refractivity contribution in [1.82, 2.24) is 0 Å². The SMILES string of the molecule is [C-]#[N+]Sc1ccc([N+](=O)[O-])c(N)c1. The van der Waals surface area contributed by atoms with Gasteiger partial charge in [-0.15, -0.1) is 0 Å². The first kappa shape index (κ1) is 9.35. The van der Waals surface area contributed by atoms with Gasteiger partial charge in [-0.1, -0.05) is 0 Å². The van der Waals surface area contributed by atoms with Gasteiger partial charge in [-0.2, -0.15) is 0 Å². The zero-order valence-electron chi connectivity index (χ0n) is 6.43. The van der Waals surface area contributed by atoms with Crippen molar-refractivity contribution in [1.29, 1.82) is 0 Å². The molecule has 0 bridgehead atoms. The highest BCUT2D eigenvalue weighted by molar-refractivity contribution is 8.01. The van der Waals surface area contributed by atoms with Gasteiger partial charge in [0.25, 0.3) is 17.6 Å². The number of nitrogens with two attached hydrogens (primary N) is 1. The van der Waals surface area contributed by atoms with Crippen LogP contribution in [0.15, 0.2) is 23.1 Å². The van der Waals surface area contributed by atoms with Crippen LogP contribution in [0.2, 0.25) is 0 Å². The number of benzene rings is 1. The van der Waals surface area contributed by atoms with Crippen LogP contribution in [-0.4, -0.2) is 4.92 Å². The maximum Gasteiger partial charge on any atom is 0.294 e. The number of nitrogen functional groups attached to an aromatic ring is 1. The van der Waals surface area contributed by atoms with Gasteiger partial charge < -0.3 is 5.73 Å². The topological polar surface area (TPSA) is 73.5 Å². The number of hydrogen-bond acceptors (Lipinski definition) is 4. The molecule has 5 nitrogen and oxygen atoms in total. The Morgan fingerprint density at radius 2 is 2.31 bits per heavy atom. The van der Waals surface area contributed by atoms with Crippen molar-refractivity contribution < 1.29 is 4.92 Å². The van der Waals surface area contributed by atoms with Crippen LogP contribution >= 0.6 is 11.9 Å². The maximum absolute atomic E-state index is 10.3. The maximum atomic E-state index is 10.3. The molecule has 0 heterocycles. The summed E-state index contributed by atoms with van der Waals surface area (Å²) in [4.78, 5) is 10.4. The lowest BCUT2D eigenvalue weighted by Gasteiger charge is -1.95. The van der Waals surface area contributed by atoms with E-state index < -0.39 is 4.92 Å². The minimum absolute atomic E-state index is 0.0821. The Balaban J connectivity index is 3.07. The zero-order valence-corrected chi connectivity index (χ0v) is 7.25. The minimum atomic E-state index is -0.554. The van der Waals surface area contributed by atoms with Crippen LogP contribution in [0.4, 0.5) is 11.4 Å². The van der Waals surface area contributed by atoms with Gasteiger partial charge in [0.2, 0.25) is 0 Å². The summed E-state index contributed by atoms with van der Waals surface area (Å²) >= 11 is 0.899. The van der Waals surface area contributed by atoms with Crippen molar-refractivity contribution in [3.63, 3.8) is 0 Å². The molecule has 0 aliphatic rings. The van der Waals surface area contributed by atoms with E-state index >= 15 is 0 Å². The molecule has 13 heavy (non-hydrogen) atoms. The van der Waals surface area contributed by atoms with Gasteiger partial charge in [-0.25, -0.2) is 10.8 Å². The van der Waals surface area contributed by atoms with Gasteiger partial charge in [-0.3, -0.25) is 10.1 Å². The number of anilines is 1. The Morgan fingerprint density at radius 1 is 1.62 bits per heavy atom. The molecular weight excluding hydrogens is 190 g/mol. The summed E-state index contributed by atoms with van der Waals surface area (Å²) in [6.45, 7) is 6.56. The van der Waals surface area contributed by atoms with E-state index in [1.807, 2.05) is 0 Å². The molecule has 0 atom stereocenters. The minimum Gasteiger partial charge on any atom is -0.393 e. The van der Waals surface area contributed by atoms with E-state index in [-0.39, 0.29) is 11.4 Å². The zero-order chi connectivity index (χ0) is 9.84. The van der Waals surface area contributed by atoms with Crippen molar-refractivity contribution in [2.75, 3.05) is 5.73 Å². The molecule has 0 aliphatic heterocycles. The summed E-state index contributed by atoms with van der Waals surface area (Å²) in [5.74, 6) is 0. The summed E-state index contributed by atoms with van der Waals surface area (Å²) in [6.07, 6.45) is 0. The quantitative estimate of drug-likeness (QED) is 0.258. The predicted octanol–water partition coefficient (Wildman–Crippen LogP) is 2.10. The van der Waals surface area contributed by atoms with Crippen LogP contribution in [-0.2, 0) is 0 Å². The van der Waals surface area contributed by atoms with Gasteiger partial charge in [0.1, 0.15) is 5.69 Å². The van der Waals surface area contributed by atoms with E-state index in [1.54, 1.807) is 0 Å². The van der Waals surface area contributed by atoms with Gasteiger partial charge in [-0.05, 0) is 12.1 Å². The number of nitro groups is 1. The molecule has 0 aliphatic carbocycles. The molecule has 0 fully saturated rings. The molecule has 1 rings (SSSR count). The summed E-state index contributed by atoms with van der Waals surface area (Å²) in [5, 5.41) is 10.3. The Hall–Kier alpha value is -1.74. The summed E-state index contributed by atoms with van der Waals surface area (Å²) in [6, 6.07) is 4.21. The fraction of sp³-hybridized carbons (Fsp3) is 0. The van der Waals surface area contributed by atoms with Gasteiger partial charge in [0, 0.05) is 6.07 Å². The highest BCUT2D eigenvalue weighted by Crippen LogP contribution is 2.27. The van der Waals surface area contributed by atoms with Crippen LogP contribution in [0.25, 0.3) is 4.25 Å². The highest BCUT2D eigenvalue weighted by Gasteiger charge is 2.12. The summed E-state index contributed by atoms with van der Waals surface area (Å²) in [7, 11) is 0. The first-order valence-electron chi connectivity index (χ1n) is 3.23. The van der Waals surface area contributed by atoms with Crippen molar-refractivity contribution in [2.24, 2.45) is 0 Å². The molecule has 0 amide bonds. The number of nitro benzene ring substituents is 1. The number of nitrogens with zero attached hydrogens (tertiary/aromatic N) is 2. The lowest BCUT2D eigenvalue weighted by atomic mass is 10.3. The summed E-state index contributed by atoms with van der Waals surface area (Å²) < 4.78 is 3.06. The third kappa shape index (κ3) is 2.10. The van der Waals surface area contributed by atoms with E-state index in [1.165, 1.54) is 18.2 Å². The molecule has 0 radical (unpaired) electrons. The molecule has 0 spiro atoms. The van der Waals surface area contributed by atoms with Crippen LogP contribution in [0.1, 0.15) is 0 Å². The second kappa shape index (κ2) is 3.78. The van der Waals surface area contributed by atoms with Crippen molar-refractivity contribution in [3.8, 4) is 0 Å². The van der Waals surface area contributed by atoms with Crippen molar-refractivity contribution >= 4 is 23.3 Å². The molecule has 2 N–H and O–H groups in total. The molecule has 1 aromatic carbocycles. The molecule has 6 heteroatoms. The van der Waals surface area contributed by atoms with E-state index in [2.05, 4.69) is 4.25 Å². The molecule has 0 saturated carbocycles. The molecule has 1 aromatic rings. The lowest BCUT2D eigenvalue weighted by molar-refractivity contribution is -0.383. The van der Waals surface area contributed by atoms with Crippen LogP contribution in [0.5, 0.6) is 0 Å². The molecule has 66 valence electrons. The second-order valence-electron chi connectivity index (χ2n) is 2.16. The second-order valence-corrected chi connectivity index (χ2v) is 3.00. The van der Waals surface area contributed by atoms with Crippen molar-refractivity contribution in [3.05, 3.63) is 39.1 Å². The van der Waals surface area contributed by atoms with Gasteiger partial charge >= 0.3 is 0 Å². The lowest BCUT2D eigenvalue weighted by Crippen LogP contribution is -1.94. The Bertz CT molecular complexity index is 386. The first-order chi connectivity index (χ1) is 6.15. The average molecular weight is 195 g/mol. The van der Waals surface area contributed by atoms with E-state index in [0.29, 0.717) is 4.90 Å². The van der Waals surface area contributed by atoms with Crippen molar-refractivity contribution in [2.45, 2.75) is 4.90 Å². The molecule has 0 unspecified atom stereocenters. The third-order valence-electron chi connectivity index (χ3n) is 1.35. The largest absolute Gasteiger partial charge is 0.393 e.